The molecular weight excluding hydrogens is 450 g/mol. The molecule has 0 aromatic carbocycles. The highest BCUT2D eigenvalue weighted by atomic mass is 32.2. The lowest BCUT2D eigenvalue weighted by atomic mass is 10.3. The van der Waals surface area contributed by atoms with Crippen LogP contribution in [0.4, 0.5) is 0 Å². The lowest BCUT2D eigenvalue weighted by Crippen LogP contribution is -2.40. The number of sulfonamides is 1. The smallest absolute Gasteiger partial charge is 0.266 e. The van der Waals surface area contributed by atoms with Gasteiger partial charge < -0.3 is 14.2 Å². The minimum Gasteiger partial charge on any atom is -0.378 e. The molecule has 9 nitrogen and oxygen atoms in total. The van der Waals surface area contributed by atoms with Crippen molar-refractivity contribution in [1.82, 2.24) is 24.2 Å². The minimum absolute atomic E-state index is 0.0645. The number of nitrogens with one attached hydrogen (secondary N) is 1. The third-order valence-corrected chi connectivity index (χ3v) is 8.14. The number of thiazole rings is 1. The van der Waals surface area contributed by atoms with Crippen molar-refractivity contribution >= 4 is 27.3 Å². The van der Waals surface area contributed by atoms with Gasteiger partial charge in [0.05, 0.1) is 36.8 Å². The SMILES string of the molecule is Cc1nc(-c2cc(S(=O)(=O)NCc3ccccn3)c(C)n2C)sc1C(=O)N1CCOCC1. The summed E-state index contributed by atoms with van der Waals surface area (Å²) >= 11 is 1.28. The summed E-state index contributed by atoms with van der Waals surface area (Å²) in [6, 6.07) is 6.96. The topological polar surface area (TPSA) is 106 Å². The van der Waals surface area contributed by atoms with Crippen LogP contribution in [0.1, 0.15) is 26.8 Å². The van der Waals surface area contributed by atoms with Gasteiger partial charge in [-0.25, -0.2) is 18.1 Å². The van der Waals surface area contributed by atoms with Gasteiger partial charge in [0.1, 0.15) is 14.8 Å². The average molecular weight is 476 g/mol. The molecule has 0 spiro atoms. The van der Waals surface area contributed by atoms with Gasteiger partial charge in [0.25, 0.3) is 5.91 Å². The molecular formula is C21H25N5O4S2. The normalized spacial score (nSPS) is 14.7. The van der Waals surface area contributed by atoms with Gasteiger partial charge in [0, 0.05) is 32.0 Å². The van der Waals surface area contributed by atoms with Crippen molar-refractivity contribution in [2.24, 2.45) is 7.05 Å². The van der Waals surface area contributed by atoms with E-state index in [1.807, 2.05) is 6.07 Å². The molecule has 4 heterocycles. The second kappa shape index (κ2) is 9.10. The van der Waals surface area contributed by atoms with Crippen molar-refractivity contribution in [3.63, 3.8) is 0 Å². The van der Waals surface area contributed by atoms with Crippen LogP contribution in [0.2, 0.25) is 0 Å². The molecule has 0 bridgehead atoms. The van der Waals surface area contributed by atoms with E-state index in [2.05, 4.69) is 14.7 Å². The molecule has 0 radical (unpaired) electrons. The number of pyridine rings is 1. The first-order valence-electron chi connectivity index (χ1n) is 10.2. The average Bonchev–Trinajstić information content (AvgIpc) is 3.33. The summed E-state index contributed by atoms with van der Waals surface area (Å²) in [5.74, 6) is -0.0645. The highest BCUT2D eigenvalue weighted by Crippen LogP contribution is 2.33. The van der Waals surface area contributed by atoms with Crippen molar-refractivity contribution in [2.45, 2.75) is 25.3 Å². The highest BCUT2D eigenvalue weighted by molar-refractivity contribution is 7.89. The number of aryl methyl sites for hydroxylation is 1. The predicted octanol–water partition coefficient (Wildman–Crippen LogP) is 2.11. The summed E-state index contributed by atoms with van der Waals surface area (Å²) in [4.78, 5) is 24.2. The summed E-state index contributed by atoms with van der Waals surface area (Å²) < 4.78 is 35.7. The second-order valence-electron chi connectivity index (χ2n) is 7.52. The molecule has 0 atom stereocenters. The first kappa shape index (κ1) is 22.6. The molecule has 4 rings (SSSR count). The summed E-state index contributed by atoms with van der Waals surface area (Å²) in [6.07, 6.45) is 1.62. The lowest BCUT2D eigenvalue weighted by Gasteiger charge is -2.26. The number of carbonyl (C=O) groups excluding carboxylic acids is 1. The Morgan fingerprint density at radius 3 is 2.69 bits per heavy atom. The van der Waals surface area contributed by atoms with E-state index in [0.717, 1.165) is 0 Å². The Balaban J connectivity index is 1.60. The molecule has 3 aromatic rings. The standard InChI is InChI=1S/C21H25N5O4S2/c1-14-19(21(27)26-8-10-30-11-9-26)31-20(24-14)17-12-18(15(2)25(17)3)32(28,29)23-13-16-6-4-5-7-22-16/h4-7,12,23H,8-11,13H2,1-3H3. The monoisotopic (exact) mass is 475 g/mol. The lowest BCUT2D eigenvalue weighted by molar-refractivity contribution is 0.0305. The van der Waals surface area contributed by atoms with Gasteiger partial charge in [-0.1, -0.05) is 6.07 Å². The van der Waals surface area contributed by atoms with Gasteiger partial charge in [0.15, 0.2) is 0 Å². The summed E-state index contributed by atoms with van der Waals surface area (Å²) in [6.45, 7) is 5.81. The third-order valence-electron chi connectivity index (χ3n) is 5.46. The summed E-state index contributed by atoms with van der Waals surface area (Å²) in [5, 5.41) is 0.607. The molecule has 1 fully saturated rings. The van der Waals surface area contributed by atoms with Crippen molar-refractivity contribution in [3.8, 4) is 10.7 Å². The number of nitrogens with zero attached hydrogens (tertiary/aromatic N) is 4. The molecule has 32 heavy (non-hydrogen) atoms. The Kier molecular flexibility index (Phi) is 6.42. The molecule has 3 aromatic heterocycles. The predicted molar refractivity (Wildman–Crippen MR) is 121 cm³/mol. The van der Waals surface area contributed by atoms with Crippen LogP contribution < -0.4 is 4.72 Å². The minimum atomic E-state index is -3.76. The maximum absolute atomic E-state index is 13.0. The molecule has 0 aliphatic carbocycles. The number of amides is 1. The maximum atomic E-state index is 13.0. The van der Waals surface area contributed by atoms with Crippen molar-refractivity contribution in [2.75, 3.05) is 26.3 Å². The van der Waals surface area contributed by atoms with Crippen LogP contribution in [0.3, 0.4) is 0 Å². The molecule has 1 saturated heterocycles. The molecule has 0 saturated carbocycles. The number of morpholine rings is 1. The first-order valence-corrected chi connectivity index (χ1v) is 12.5. The molecule has 1 N–H and O–H groups in total. The van der Waals surface area contributed by atoms with Crippen LogP contribution in [-0.4, -0.2) is 60.1 Å². The zero-order chi connectivity index (χ0) is 22.9. The Labute approximate surface area is 191 Å². The largest absolute Gasteiger partial charge is 0.378 e. The zero-order valence-corrected chi connectivity index (χ0v) is 19.8. The van der Waals surface area contributed by atoms with Crippen LogP contribution >= 0.6 is 11.3 Å². The van der Waals surface area contributed by atoms with Crippen molar-refractivity contribution < 1.29 is 17.9 Å². The second-order valence-corrected chi connectivity index (χ2v) is 10.3. The van der Waals surface area contributed by atoms with Gasteiger partial charge in [-0.15, -0.1) is 11.3 Å². The van der Waals surface area contributed by atoms with E-state index in [1.54, 1.807) is 54.8 Å². The van der Waals surface area contributed by atoms with Crippen LogP contribution in [-0.2, 0) is 28.4 Å². The molecule has 0 unspecified atom stereocenters. The summed E-state index contributed by atoms with van der Waals surface area (Å²) in [5.41, 5.74) is 2.50. The van der Waals surface area contributed by atoms with Gasteiger partial charge >= 0.3 is 0 Å². The fraction of sp³-hybridized carbons (Fsp3) is 0.381. The molecule has 170 valence electrons. The van der Waals surface area contributed by atoms with Crippen LogP contribution in [0, 0.1) is 13.8 Å². The highest BCUT2D eigenvalue weighted by Gasteiger charge is 2.27. The Hall–Kier alpha value is -2.60. The van der Waals surface area contributed by atoms with E-state index in [4.69, 9.17) is 4.74 Å². The van der Waals surface area contributed by atoms with Crippen molar-refractivity contribution in [1.29, 1.82) is 0 Å². The zero-order valence-electron chi connectivity index (χ0n) is 18.2. The molecule has 1 aliphatic heterocycles. The molecule has 1 amide bonds. The Bertz CT molecular complexity index is 1230. The van der Waals surface area contributed by atoms with Crippen LogP contribution in [0.15, 0.2) is 35.4 Å². The third kappa shape index (κ3) is 4.46. The van der Waals surface area contributed by atoms with Gasteiger partial charge in [-0.2, -0.15) is 0 Å². The van der Waals surface area contributed by atoms with Crippen LogP contribution in [0.5, 0.6) is 0 Å². The molecule has 11 heteroatoms. The Morgan fingerprint density at radius 1 is 1.25 bits per heavy atom. The van der Waals surface area contributed by atoms with Gasteiger partial charge in [-0.05, 0) is 32.0 Å². The van der Waals surface area contributed by atoms with E-state index in [0.29, 0.717) is 59.0 Å². The maximum Gasteiger partial charge on any atom is 0.266 e. The van der Waals surface area contributed by atoms with E-state index >= 15 is 0 Å². The van der Waals surface area contributed by atoms with Gasteiger partial charge in [-0.3, -0.25) is 9.78 Å². The first-order chi connectivity index (χ1) is 15.3. The Morgan fingerprint density at radius 2 is 2.00 bits per heavy atom. The fourth-order valence-electron chi connectivity index (χ4n) is 3.51. The summed E-state index contributed by atoms with van der Waals surface area (Å²) in [7, 11) is -1.96. The van der Waals surface area contributed by atoms with E-state index in [-0.39, 0.29) is 17.3 Å². The van der Waals surface area contributed by atoms with Gasteiger partial charge in [0.2, 0.25) is 10.0 Å². The van der Waals surface area contributed by atoms with Crippen LogP contribution in [0.25, 0.3) is 10.7 Å². The fourth-order valence-corrected chi connectivity index (χ4v) is 5.88. The number of hydrogen-bond donors (Lipinski definition) is 1. The number of rotatable bonds is 6. The number of ether oxygens (including phenoxy) is 1. The quantitative estimate of drug-likeness (QED) is 0.585. The van der Waals surface area contributed by atoms with Crippen molar-refractivity contribution in [3.05, 3.63) is 52.4 Å². The van der Waals surface area contributed by atoms with E-state index in [9.17, 15) is 13.2 Å². The molecule has 1 aliphatic rings. The van der Waals surface area contributed by atoms with E-state index in [1.165, 1.54) is 11.3 Å². The number of aromatic nitrogens is 3. The number of hydrogen-bond acceptors (Lipinski definition) is 7. The number of carbonyl (C=O) groups is 1. The van der Waals surface area contributed by atoms with E-state index < -0.39 is 10.0 Å².